The maximum Gasteiger partial charge on any atom is 0.245 e. The van der Waals surface area contributed by atoms with Gasteiger partial charge in [0.2, 0.25) is 10.0 Å². The third kappa shape index (κ3) is 3.58. The molecule has 0 unspecified atom stereocenters. The second-order valence-corrected chi connectivity index (χ2v) is 8.75. The van der Waals surface area contributed by atoms with Crippen LogP contribution in [0.3, 0.4) is 0 Å². The highest BCUT2D eigenvalue weighted by Crippen LogP contribution is 2.32. The molecule has 0 aliphatic carbocycles. The van der Waals surface area contributed by atoms with Gasteiger partial charge < -0.3 is 5.73 Å². The van der Waals surface area contributed by atoms with Crippen molar-refractivity contribution >= 4 is 33.3 Å². The number of sulfonamides is 1. The Labute approximate surface area is 165 Å². The highest BCUT2D eigenvalue weighted by molar-refractivity contribution is 7.89. The van der Waals surface area contributed by atoms with Crippen molar-refractivity contribution in [2.45, 2.75) is 23.8 Å². The number of hydrogen-bond donors (Lipinski definition) is 1. The molecule has 5 nitrogen and oxygen atoms in total. The molecule has 2 N–H and O–H groups in total. The van der Waals surface area contributed by atoms with E-state index < -0.39 is 10.0 Å². The minimum atomic E-state index is -3.66. The number of nitrogens with two attached hydrogens (primary N) is 1. The fraction of sp³-hybridized carbons (Fsp3) is 0.250. The lowest BCUT2D eigenvalue weighted by Crippen LogP contribution is -2.32. The molecule has 27 heavy (non-hydrogen) atoms. The van der Waals surface area contributed by atoms with Gasteiger partial charge in [0.25, 0.3) is 0 Å². The summed E-state index contributed by atoms with van der Waals surface area (Å²) in [6.07, 6.45) is 1.70. The topological polar surface area (TPSA) is 76.3 Å². The monoisotopic (exact) mass is 403 g/mol. The fourth-order valence-electron chi connectivity index (χ4n) is 3.63. The van der Waals surface area contributed by atoms with Crippen molar-refractivity contribution in [2.75, 3.05) is 13.1 Å². The van der Waals surface area contributed by atoms with Crippen LogP contribution in [0.4, 0.5) is 0 Å². The first kappa shape index (κ1) is 19.8. The first-order valence-corrected chi connectivity index (χ1v) is 10.1. The second-order valence-electron chi connectivity index (χ2n) is 6.84. The second kappa shape index (κ2) is 7.56. The Morgan fingerprint density at radius 1 is 1.07 bits per heavy atom. The summed E-state index contributed by atoms with van der Waals surface area (Å²) >= 11 is 0. The van der Waals surface area contributed by atoms with E-state index in [1.165, 1.54) is 4.31 Å². The van der Waals surface area contributed by atoms with Crippen LogP contribution in [-0.4, -0.2) is 36.8 Å². The molecule has 1 fully saturated rings. The van der Waals surface area contributed by atoms with E-state index in [9.17, 15) is 8.42 Å². The lowest BCUT2D eigenvalue weighted by atomic mass is 9.95. The van der Waals surface area contributed by atoms with Crippen LogP contribution >= 0.6 is 12.4 Å². The molecule has 2 atom stereocenters. The summed E-state index contributed by atoms with van der Waals surface area (Å²) in [5, 5.41) is 0.828. The molecule has 1 aromatic heterocycles. The minimum Gasteiger partial charge on any atom is -0.326 e. The van der Waals surface area contributed by atoms with Crippen LogP contribution in [0.1, 0.15) is 17.0 Å². The molecule has 7 heteroatoms. The van der Waals surface area contributed by atoms with Gasteiger partial charge in [-0.1, -0.05) is 42.5 Å². The van der Waals surface area contributed by atoms with Gasteiger partial charge in [-0.05, 0) is 30.2 Å². The normalized spacial score (nSPS) is 20.5. The van der Waals surface area contributed by atoms with Gasteiger partial charge in [0, 0.05) is 36.6 Å². The van der Waals surface area contributed by atoms with E-state index >= 15 is 0 Å². The lowest BCUT2D eigenvalue weighted by Gasteiger charge is -2.17. The zero-order valence-corrected chi connectivity index (χ0v) is 16.6. The Hall–Kier alpha value is -1.99. The van der Waals surface area contributed by atoms with Crippen molar-refractivity contribution in [3.8, 4) is 0 Å². The maximum atomic E-state index is 13.3. The molecule has 2 aromatic carbocycles. The van der Waals surface area contributed by atoms with Gasteiger partial charge in [-0.25, -0.2) is 8.42 Å². The Balaban J connectivity index is 0.00000210. The van der Waals surface area contributed by atoms with Crippen LogP contribution in [-0.2, 0) is 10.0 Å². The summed E-state index contributed by atoms with van der Waals surface area (Å²) in [4.78, 5) is 4.62. The summed E-state index contributed by atoms with van der Waals surface area (Å²) in [6.45, 7) is 2.64. The Morgan fingerprint density at radius 3 is 2.56 bits per heavy atom. The van der Waals surface area contributed by atoms with Gasteiger partial charge >= 0.3 is 0 Å². The molecule has 1 aliphatic heterocycles. The van der Waals surface area contributed by atoms with Crippen LogP contribution in [0.2, 0.25) is 0 Å². The van der Waals surface area contributed by atoms with E-state index in [2.05, 4.69) is 4.98 Å². The van der Waals surface area contributed by atoms with Crippen LogP contribution in [0, 0.1) is 6.92 Å². The van der Waals surface area contributed by atoms with Crippen molar-refractivity contribution in [2.24, 2.45) is 5.73 Å². The Kier molecular flexibility index (Phi) is 5.53. The molecule has 2 heterocycles. The Bertz CT molecular complexity index is 1060. The van der Waals surface area contributed by atoms with Crippen molar-refractivity contribution in [3.05, 3.63) is 71.9 Å². The summed E-state index contributed by atoms with van der Waals surface area (Å²) in [5.74, 6) is -0.00356. The predicted molar refractivity (Wildman–Crippen MR) is 110 cm³/mol. The predicted octanol–water partition coefficient (Wildman–Crippen LogP) is 3.08. The SMILES string of the molecule is Cc1cnc2c(S(=O)(=O)N3C[C@@H](N)[C@H](c4ccccc4)C3)cccc2c1.Cl. The molecule has 142 valence electrons. The van der Waals surface area contributed by atoms with E-state index in [1.54, 1.807) is 18.3 Å². The van der Waals surface area contributed by atoms with E-state index in [0.29, 0.717) is 18.6 Å². The third-order valence-corrected chi connectivity index (χ3v) is 6.85. The number of aromatic nitrogens is 1. The zero-order valence-electron chi connectivity index (χ0n) is 14.9. The van der Waals surface area contributed by atoms with Crippen LogP contribution < -0.4 is 5.73 Å². The van der Waals surface area contributed by atoms with Gasteiger partial charge in [0.15, 0.2) is 0 Å². The number of benzene rings is 2. The molecule has 0 bridgehead atoms. The third-order valence-electron chi connectivity index (χ3n) is 4.99. The molecule has 1 saturated heterocycles. The number of rotatable bonds is 3. The van der Waals surface area contributed by atoms with Crippen LogP contribution in [0.5, 0.6) is 0 Å². The molecular formula is C20H22ClN3O2S. The molecule has 0 amide bonds. The van der Waals surface area contributed by atoms with Gasteiger partial charge in [-0.15, -0.1) is 12.4 Å². The molecule has 1 aliphatic rings. The van der Waals surface area contributed by atoms with E-state index in [0.717, 1.165) is 16.5 Å². The molecule has 4 rings (SSSR count). The average Bonchev–Trinajstić information content (AvgIpc) is 3.04. The Morgan fingerprint density at radius 2 is 1.81 bits per heavy atom. The van der Waals surface area contributed by atoms with Gasteiger partial charge in [-0.2, -0.15) is 4.31 Å². The fourth-order valence-corrected chi connectivity index (χ4v) is 5.30. The van der Waals surface area contributed by atoms with Crippen LogP contribution in [0.25, 0.3) is 10.9 Å². The minimum absolute atomic E-state index is 0. The number of aryl methyl sites for hydroxylation is 1. The van der Waals surface area contributed by atoms with Gasteiger partial charge in [0.05, 0.1) is 5.52 Å². The van der Waals surface area contributed by atoms with Crippen LogP contribution in [0.15, 0.2) is 65.7 Å². The highest BCUT2D eigenvalue weighted by Gasteiger charge is 2.39. The number of para-hydroxylation sites is 1. The standard InChI is InChI=1S/C20H21N3O2S.ClH/c1-14-10-16-8-5-9-19(20(16)22-11-14)26(24,25)23-12-17(18(21)13-23)15-6-3-2-4-7-15;/h2-11,17-18H,12-13,21H2,1H3;1H/t17-,18+;/m0./s1. The first-order valence-electron chi connectivity index (χ1n) is 8.63. The molecule has 0 spiro atoms. The quantitative estimate of drug-likeness (QED) is 0.729. The largest absolute Gasteiger partial charge is 0.326 e. The molecule has 0 radical (unpaired) electrons. The molecule has 3 aromatic rings. The van der Waals surface area contributed by atoms with E-state index in [4.69, 9.17) is 5.73 Å². The van der Waals surface area contributed by atoms with E-state index in [-0.39, 0.29) is 29.3 Å². The summed E-state index contributed by atoms with van der Waals surface area (Å²) in [6, 6.07) is 16.9. The summed E-state index contributed by atoms with van der Waals surface area (Å²) < 4.78 is 28.1. The zero-order chi connectivity index (χ0) is 18.3. The van der Waals surface area contributed by atoms with Crippen molar-refractivity contribution in [3.63, 3.8) is 0 Å². The molecule has 0 saturated carbocycles. The number of pyridine rings is 1. The number of nitrogens with zero attached hydrogens (tertiary/aromatic N) is 2. The summed E-state index contributed by atoms with van der Waals surface area (Å²) in [5.41, 5.74) is 8.87. The number of halogens is 1. The average molecular weight is 404 g/mol. The van der Waals surface area contributed by atoms with Gasteiger partial charge in [0.1, 0.15) is 4.90 Å². The van der Waals surface area contributed by atoms with Crippen molar-refractivity contribution in [1.29, 1.82) is 0 Å². The first-order chi connectivity index (χ1) is 12.5. The smallest absolute Gasteiger partial charge is 0.245 e. The molecular weight excluding hydrogens is 382 g/mol. The lowest BCUT2D eigenvalue weighted by molar-refractivity contribution is 0.471. The van der Waals surface area contributed by atoms with Crippen molar-refractivity contribution in [1.82, 2.24) is 9.29 Å². The number of hydrogen-bond acceptors (Lipinski definition) is 4. The van der Waals surface area contributed by atoms with Gasteiger partial charge in [-0.3, -0.25) is 4.98 Å². The van der Waals surface area contributed by atoms with Crippen molar-refractivity contribution < 1.29 is 8.42 Å². The summed E-state index contributed by atoms with van der Waals surface area (Å²) in [7, 11) is -3.66. The number of fused-ring (bicyclic) bond motifs is 1. The highest BCUT2D eigenvalue weighted by atomic mass is 35.5. The van der Waals surface area contributed by atoms with E-state index in [1.807, 2.05) is 49.4 Å². The maximum absolute atomic E-state index is 13.3.